The van der Waals surface area contributed by atoms with Crippen LogP contribution in [0.3, 0.4) is 0 Å². The number of hydrogen-bond donors (Lipinski definition) is 1. The van der Waals surface area contributed by atoms with E-state index in [0.717, 1.165) is 32.2 Å². The largest absolute Gasteiger partial charge is 0.376 e. The van der Waals surface area contributed by atoms with Gasteiger partial charge in [0.2, 0.25) is 0 Å². The molecule has 2 fully saturated rings. The Hall–Kier alpha value is -0.120. The molecule has 14 heavy (non-hydrogen) atoms. The van der Waals surface area contributed by atoms with E-state index in [4.69, 9.17) is 10.5 Å². The predicted molar refractivity (Wildman–Crippen MR) is 57.2 cm³/mol. The van der Waals surface area contributed by atoms with Crippen LogP contribution in [0.4, 0.5) is 0 Å². The van der Waals surface area contributed by atoms with Crippen molar-refractivity contribution in [2.24, 2.45) is 11.7 Å². The molecule has 3 heteroatoms. The number of nitrogens with zero attached hydrogens (tertiary/aromatic N) is 1. The van der Waals surface area contributed by atoms with Gasteiger partial charge in [0.1, 0.15) is 0 Å². The molecule has 1 aliphatic heterocycles. The standard InChI is InChI=1S/C11H22N2O/c1-9-3-4-11(9,8-12)13-5-6-14-10(2)7-13/h9-10H,3-8,12H2,1-2H3. The molecule has 1 aliphatic carbocycles. The molecule has 82 valence electrons. The minimum absolute atomic E-state index is 0.304. The van der Waals surface area contributed by atoms with E-state index >= 15 is 0 Å². The molecule has 1 saturated carbocycles. The van der Waals surface area contributed by atoms with Crippen LogP contribution in [0, 0.1) is 5.92 Å². The molecule has 0 aromatic carbocycles. The fourth-order valence-electron chi connectivity index (χ4n) is 2.89. The summed E-state index contributed by atoms with van der Waals surface area (Å²) in [5.74, 6) is 0.762. The van der Waals surface area contributed by atoms with E-state index in [1.54, 1.807) is 0 Å². The minimum Gasteiger partial charge on any atom is -0.376 e. The van der Waals surface area contributed by atoms with Gasteiger partial charge in [0.25, 0.3) is 0 Å². The van der Waals surface area contributed by atoms with E-state index in [1.807, 2.05) is 0 Å². The highest BCUT2D eigenvalue weighted by atomic mass is 16.5. The molecule has 0 aromatic rings. The van der Waals surface area contributed by atoms with Crippen LogP contribution in [0.2, 0.25) is 0 Å². The SMILES string of the molecule is CC1CN(C2(CN)CCC2C)CCO1. The van der Waals surface area contributed by atoms with Gasteiger partial charge in [-0.2, -0.15) is 0 Å². The molecule has 0 amide bonds. The van der Waals surface area contributed by atoms with Crippen LogP contribution in [0.15, 0.2) is 0 Å². The molecule has 0 radical (unpaired) electrons. The number of hydrogen-bond acceptors (Lipinski definition) is 3. The van der Waals surface area contributed by atoms with E-state index in [9.17, 15) is 0 Å². The van der Waals surface area contributed by atoms with Crippen molar-refractivity contribution in [2.45, 2.75) is 38.3 Å². The number of rotatable bonds is 2. The quantitative estimate of drug-likeness (QED) is 0.714. The van der Waals surface area contributed by atoms with Gasteiger partial charge in [-0.25, -0.2) is 0 Å². The first kappa shape index (κ1) is 10.4. The summed E-state index contributed by atoms with van der Waals surface area (Å²) in [7, 11) is 0. The molecule has 0 bridgehead atoms. The Balaban J connectivity index is 2.04. The molecular weight excluding hydrogens is 176 g/mol. The van der Waals surface area contributed by atoms with E-state index in [1.165, 1.54) is 12.8 Å². The summed E-state index contributed by atoms with van der Waals surface area (Å²) in [4.78, 5) is 2.56. The van der Waals surface area contributed by atoms with Crippen LogP contribution in [-0.4, -0.2) is 42.8 Å². The number of nitrogens with two attached hydrogens (primary N) is 1. The van der Waals surface area contributed by atoms with Crippen LogP contribution in [-0.2, 0) is 4.74 Å². The van der Waals surface area contributed by atoms with E-state index in [-0.39, 0.29) is 0 Å². The summed E-state index contributed by atoms with van der Waals surface area (Å²) >= 11 is 0. The fourth-order valence-corrected chi connectivity index (χ4v) is 2.89. The summed E-state index contributed by atoms with van der Waals surface area (Å²) in [5.41, 5.74) is 6.26. The second-order valence-corrected chi connectivity index (χ2v) is 4.87. The Bertz CT molecular complexity index is 205. The third kappa shape index (κ3) is 1.47. The van der Waals surface area contributed by atoms with Crippen LogP contribution in [0.1, 0.15) is 26.7 Å². The molecular formula is C11H22N2O. The van der Waals surface area contributed by atoms with Crippen molar-refractivity contribution in [3.63, 3.8) is 0 Å². The molecule has 2 rings (SSSR count). The Morgan fingerprint density at radius 1 is 1.50 bits per heavy atom. The van der Waals surface area contributed by atoms with Gasteiger partial charge in [-0.3, -0.25) is 4.90 Å². The van der Waals surface area contributed by atoms with Crippen molar-refractivity contribution in [1.29, 1.82) is 0 Å². The lowest BCUT2D eigenvalue weighted by Gasteiger charge is -2.56. The first-order valence-corrected chi connectivity index (χ1v) is 5.76. The monoisotopic (exact) mass is 198 g/mol. The molecule has 0 spiro atoms. The zero-order chi connectivity index (χ0) is 10.2. The average Bonchev–Trinajstić information content (AvgIpc) is 2.17. The van der Waals surface area contributed by atoms with Gasteiger partial charge >= 0.3 is 0 Å². The zero-order valence-electron chi connectivity index (χ0n) is 9.33. The molecule has 2 aliphatic rings. The Labute approximate surface area is 86.6 Å². The first-order chi connectivity index (χ1) is 6.69. The summed E-state index contributed by atoms with van der Waals surface area (Å²) in [6.07, 6.45) is 2.99. The van der Waals surface area contributed by atoms with E-state index < -0.39 is 0 Å². The van der Waals surface area contributed by atoms with Crippen LogP contribution < -0.4 is 5.73 Å². The van der Waals surface area contributed by atoms with E-state index in [0.29, 0.717) is 11.6 Å². The topological polar surface area (TPSA) is 38.5 Å². The normalized spacial score (nSPS) is 44.8. The second kappa shape index (κ2) is 3.80. The Kier molecular flexibility index (Phi) is 2.82. The summed E-state index contributed by atoms with van der Waals surface area (Å²) in [5, 5.41) is 0. The predicted octanol–water partition coefficient (Wildman–Crippen LogP) is 0.834. The molecule has 1 heterocycles. The van der Waals surface area contributed by atoms with Gasteiger partial charge in [0.05, 0.1) is 12.7 Å². The molecule has 3 nitrogen and oxygen atoms in total. The van der Waals surface area contributed by atoms with Crippen molar-refractivity contribution in [3.8, 4) is 0 Å². The highest BCUT2D eigenvalue weighted by molar-refractivity contribution is 5.04. The Morgan fingerprint density at radius 3 is 2.71 bits per heavy atom. The average molecular weight is 198 g/mol. The molecule has 3 unspecified atom stereocenters. The van der Waals surface area contributed by atoms with E-state index in [2.05, 4.69) is 18.7 Å². The third-order valence-corrected chi connectivity index (χ3v) is 4.15. The number of ether oxygens (including phenoxy) is 1. The maximum Gasteiger partial charge on any atom is 0.0674 e. The zero-order valence-corrected chi connectivity index (χ0v) is 9.33. The lowest BCUT2D eigenvalue weighted by molar-refractivity contribution is -0.107. The van der Waals surface area contributed by atoms with Gasteiger partial charge in [0.15, 0.2) is 0 Å². The van der Waals surface area contributed by atoms with Crippen molar-refractivity contribution in [1.82, 2.24) is 4.90 Å². The number of morpholine rings is 1. The van der Waals surface area contributed by atoms with Gasteiger partial charge in [-0.15, -0.1) is 0 Å². The van der Waals surface area contributed by atoms with Crippen molar-refractivity contribution in [2.75, 3.05) is 26.2 Å². The fraction of sp³-hybridized carbons (Fsp3) is 1.00. The van der Waals surface area contributed by atoms with Gasteiger partial charge in [-0.05, 0) is 25.7 Å². The maximum absolute atomic E-state index is 5.95. The lowest BCUT2D eigenvalue weighted by Crippen LogP contribution is -2.66. The second-order valence-electron chi connectivity index (χ2n) is 4.87. The molecule has 1 saturated heterocycles. The molecule has 0 aromatic heterocycles. The smallest absolute Gasteiger partial charge is 0.0674 e. The summed E-state index contributed by atoms with van der Waals surface area (Å²) in [6, 6.07) is 0. The van der Waals surface area contributed by atoms with Crippen LogP contribution in [0.25, 0.3) is 0 Å². The van der Waals surface area contributed by atoms with Gasteiger partial charge in [0, 0.05) is 25.2 Å². The maximum atomic E-state index is 5.95. The van der Waals surface area contributed by atoms with Crippen molar-refractivity contribution in [3.05, 3.63) is 0 Å². The lowest BCUT2D eigenvalue weighted by atomic mass is 9.66. The molecule has 2 N–H and O–H groups in total. The van der Waals surface area contributed by atoms with Crippen LogP contribution in [0.5, 0.6) is 0 Å². The van der Waals surface area contributed by atoms with Crippen LogP contribution >= 0.6 is 0 Å². The molecule has 3 atom stereocenters. The third-order valence-electron chi connectivity index (χ3n) is 4.15. The Morgan fingerprint density at radius 2 is 2.29 bits per heavy atom. The van der Waals surface area contributed by atoms with Crippen molar-refractivity contribution < 1.29 is 4.74 Å². The minimum atomic E-state index is 0.304. The first-order valence-electron chi connectivity index (χ1n) is 5.76. The van der Waals surface area contributed by atoms with Gasteiger partial charge < -0.3 is 10.5 Å². The van der Waals surface area contributed by atoms with Gasteiger partial charge in [-0.1, -0.05) is 6.92 Å². The summed E-state index contributed by atoms with van der Waals surface area (Å²) in [6.45, 7) is 8.28. The highest BCUT2D eigenvalue weighted by Crippen LogP contribution is 2.42. The summed E-state index contributed by atoms with van der Waals surface area (Å²) < 4.78 is 5.57. The van der Waals surface area contributed by atoms with Crippen molar-refractivity contribution >= 4 is 0 Å². The highest BCUT2D eigenvalue weighted by Gasteiger charge is 2.48.